The molecule has 1 atom stereocenters. The molecule has 1 aliphatic heterocycles. The van der Waals surface area contributed by atoms with Gasteiger partial charge in [0.05, 0.1) is 11.7 Å². The average Bonchev–Trinajstić information content (AvgIpc) is 2.74. The molecule has 2 heterocycles. The molecule has 1 aromatic heterocycles. The first kappa shape index (κ1) is 14.0. The zero-order valence-electron chi connectivity index (χ0n) is 12.1. The average molecular weight is 266 g/mol. The monoisotopic (exact) mass is 266 g/mol. The summed E-state index contributed by atoms with van der Waals surface area (Å²) in [6.45, 7) is 9.17. The Kier molecular flexibility index (Phi) is 3.89. The number of hydrogen-bond donors (Lipinski definition) is 1. The highest BCUT2D eigenvalue weighted by Crippen LogP contribution is 2.21. The molecule has 106 valence electrons. The van der Waals surface area contributed by atoms with E-state index in [9.17, 15) is 4.79 Å². The van der Waals surface area contributed by atoms with Crippen molar-refractivity contribution >= 4 is 5.91 Å². The zero-order valence-corrected chi connectivity index (χ0v) is 12.1. The number of ether oxygens (including phenoxy) is 1. The Balaban J connectivity index is 2.09. The van der Waals surface area contributed by atoms with E-state index in [4.69, 9.17) is 4.74 Å². The third kappa shape index (κ3) is 3.32. The Morgan fingerprint density at radius 2 is 2.32 bits per heavy atom. The Bertz CT molecular complexity index is 455. The van der Waals surface area contributed by atoms with Gasteiger partial charge in [-0.2, -0.15) is 0 Å². The fourth-order valence-corrected chi connectivity index (χ4v) is 2.49. The number of nitrogens with one attached hydrogen (secondary N) is 1. The van der Waals surface area contributed by atoms with Crippen molar-refractivity contribution in [3.8, 4) is 0 Å². The largest absolute Gasteiger partial charge is 0.369 e. The predicted molar refractivity (Wildman–Crippen MR) is 70.9 cm³/mol. The molecule has 1 N–H and O–H groups in total. The number of aromatic nitrogens is 3. The van der Waals surface area contributed by atoms with Crippen LogP contribution in [-0.2, 0) is 11.2 Å². The summed E-state index contributed by atoms with van der Waals surface area (Å²) in [6, 6.07) is 0. The molecular formula is C13H22N4O2. The molecule has 6 heteroatoms. The van der Waals surface area contributed by atoms with Crippen molar-refractivity contribution in [2.75, 3.05) is 13.1 Å². The van der Waals surface area contributed by atoms with Gasteiger partial charge in [-0.15, -0.1) is 5.10 Å². The van der Waals surface area contributed by atoms with Gasteiger partial charge in [0.1, 0.15) is 5.82 Å². The van der Waals surface area contributed by atoms with Crippen molar-refractivity contribution in [2.24, 2.45) is 0 Å². The van der Waals surface area contributed by atoms with Crippen LogP contribution in [0.2, 0.25) is 0 Å². The van der Waals surface area contributed by atoms with Crippen molar-refractivity contribution in [2.45, 2.75) is 52.2 Å². The second-order valence-electron chi connectivity index (χ2n) is 5.73. The fraction of sp³-hybridized carbons (Fsp3) is 0.769. The smallest absolute Gasteiger partial charge is 0.293 e. The van der Waals surface area contributed by atoms with Crippen LogP contribution in [0.4, 0.5) is 0 Å². The first-order valence-corrected chi connectivity index (χ1v) is 6.79. The molecule has 1 unspecified atom stereocenters. The van der Waals surface area contributed by atoms with E-state index in [2.05, 4.69) is 22.1 Å². The number of nitrogens with zero attached hydrogens (tertiary/aromatic N) is 3. The molecule has 1 aliphatic rings. The number of aryl methyl sites for hydroxylation is 1. The lowest BCUT2D eigenvalue weighted by Crippen LogP contribution is -2.54. The van der Waals surface area contributed by atoms with Crippen molar-refractivity contribution in [3.63, 3.8) is 0 Å². The predicted octanol–water partition coefficient (Wildman–Crippen LogP) is 1.40. The van der Waals surface area contributed by atoms with E-state index in [1.165, 1.54) is 0 Å². The van der Waals surface area contributed by atoms with E-state index in [0.29, 0.717) is 13.1 Å². The standard InChI is InChI=1S/C13H22N4O2/c1-5-6-10-14-11(16-15-10)12(18)17-7-9(2)19-13(3,4)8-17/h9H,5-8H2,1-4H3,(H,14,15,16). The van der Waals surface area contributed by atoms with E-state index < -0.39 is 0 Å². The van der Waals surface area contributed by atoms with Gasteiger partial charge >= 0.3 is 0 Å². The lowest BCUT2D eigenvalue weighted by Gasteiger charge is -2.41. The van der Waals surface area contributed by atoms with Gasteiger partial charge in [-0.05, 0) is 27.2 Å². The molecule has 1 aromatic rings. The van der Waals surface area contributed by atoms with Gasteiger partial charge < -0.3 is 9.64 Å². The maximum Gasteiger partial charge on any atom is 0.293 e. The highest BCUT2D eigenvalue weighted by Gasteiger charge is 2.35. The summed E-state index contributed by atoms with van der Waals surface area (Å²) >= 11 is 0. The van der Waals surface area contributed by atoms with Gasteiger partial charge in [-0.1, -0.05) is 6.92 Å². The van der Waals surface area contributed by atoms with Crippen molar-refractivity contribution in [1.82, 2.24) is 20.1 Å². The van der Waals surface area contributed by atoms with Crippen LogP contribution < -0.4 is 0 Å². The molecule has 19 heavy (non-hydrogen) atoms. The first-order chi connectivity index (χ1) is 8.91. The maximum absolute atomic E-state index is 12.4. The highest BCUT2D eigenvalue weighted by molar-refractivity contribution is 5.90. The third-order valence-corrected chi connectivity index (χ3v) is 3.07. The molecule has 6 nitrogen and oxygen atoms in total. The van der Waals surface area contributed by atoms with E-state index in [1.807, 2.05) is 20.8 Å². The number of H-pyrrole nitrogens is 1. The molecule has 0 aromatic carbocycles. The Labute approximate surface area is 113 Å². The maximum atomic E-state index is 12.4. The minimum Gasteiger partial charge on any atom is -0.369 e. The summed E-state index contributed by atoms with van der Waals surface area (Å²) in [5.41, 5.74) is -0.324. The van der Waals surface area contributed by atoms with Crippen LogP contribution in [-0.4, -0.2) is 50.8 Å². The zero-order chi connectivity index (χ0) is 14.0. The fourth-order valence-electron chi connectivity index (χ4n) is 2.49. The third-order valence-electron chi connectivity index (χ3n) is 3.07. The first-order valence-electron chi connectivity index (χ1n) is 6.79. The molecule has 0 spiro atoms. The van der Waals surface area contributed by atoms with Crippen LogP contribution in [0.1, 0.15) is 50.6 Å². The summed E-state index contributed by atoms with van der Waals surface area (Å²) in [4.78, 5) is 18.4. The molecule has 0 saturated carbocycles. The topological polar surface area (TPSA) is 71.1 Å². The quantitative estimate of drug-likeness (QED) is 0.897. The molecule has 0 bridgehead atoms. The summed E-state index contributed by atoms with van der Waals surface area (Å²) < 4.78 is 5.79. The number of aromatic amines is 1. The van der Waals surface area contributed by atoms with E-state index in [0.717, 1.165) is 18.7 Å². The molecular weight excluding hydrogens is 244 g/mol. The van der Waals surface area contributed by atoms with Gasteiger partial charge in [0.2, 0.25) is 5.82 Å². The van der Waals surface area contributed by atoms with Gasteiger partial charge in [0.15, 0.2) is 0 Å². The van der Waals surface area contributed by atoms with Crippen LogP contribution in [0.3, 0.4) is 0 Å². The van der Waals surface area contributed by atoms with Crippen LogP contribution >= 0.6 is 0 Å². The second kappa shape index (κ2) is 5.28. The van der Waals surface area contributed by atoms with Gasteiger partial charge in [0.25, 0.3) is 5.91 Å². The Morgan fingerprint density at radius 3 is 2.95 bits per heavy atom. The summed E-state index contributed by atoms with van der Waals surface area (Å²) in [7, 11) is 0. The molecule has 1 fully saturated rings. The van der Waals surface area contributed by atoms with Crippen LogP contribution in [0, 0.1) is 0 Å². The Hall–Kier alpha value is -1.43. The number of hydrogen-bond acceptors (Lipinski definition) is 4. The number of amides is 1. The van der Waals surface area contributed by atoms with Crippen LogP contribution in [0.25, 0.3) is 0 Å². The van der Waals surface area contributed by atoms with Crippen molar-refractivity contribution < 1.29 is 9.53 Å². The van der Waals surface area contributed by atoms with E-state index in [1.54, 1.807) is 4.90 Å². The van der Waals surface area contributed by atoms with Gasteiger partial charge in [-0.3, -0.25) is 9.89 Å². The SMILES string of the molecule is CCCc1nc(C(=O)N2CC(C)OC(C)(C)C2)n[nH]1. The lowest BCUT2D eigenvalue weighted by molar-refractivity contribution is -0.119. The number of carbonyl (C=O) groups excluding carboxylic acids is 1. The number of morpholine rings is 1. The highest BCUT2D eigenvalue weighted by atomic mass is 16.5. The second-order valence-corrected chi connectivity index (χ2v) is 5.73. The lowest BCUT2D eigenvalue weighted by atomic mass is 10.1. The van der Waals surface area contributed by atoms with Crippen LogP contribution in [0.15, 0.2) is 0 Å². The molecule has 0 aliphatic carbocycles. The summed E-state index contributed by atoms with van der Waals surface area (Å²) in [5.74, 6) is 0.904. The number of carbonyl (C=O) groups is 1. The van der Waals surface area contributed by atoms with E-state index in [-0.39, 0.29) is 23.4 Å². The van der Waals surface area contributed by atoms with Gasteiger partial charge in [-0.25, -0.2) is 4.98 Å². The van der Waals surface area contributed by atoms with Crippen molar-refractivity contribution in [1.29, 1.82) is 0 Å². The minimum absolute atomic E-state index is 0.0294. The molecule has 1 saturated heterocycles. The molecule has 2 rings (SSSR count). The molecule has 1 amide bonds. The summed E-state index contributed by atoms with van der Waals surface area (Å²) in [6.07, 6.45) is 1.82. The normalized spacial score (nSPS) is 22.5. The number of rotatable bonds is 3. The van der Waals surface area contributed by atoms with E-state index >= 15 is 0 Å². The van der Waals surface area contributed by atoms with Crippen LogP contribution in [0.5, 0.6) is 0 Å². The Morgan fingerprint density at radius 1 is 1.58 bits per heavy atom. The summed E-state index contributed by atoms with van der Waals surface area (Å²) in [5, 5.41) is 6.83. The van der Waals surface area contributed by atoms with Crippen molar-refractivity contribution in [3.05, 3.63) is 11.6 Å². The minimum atomic E-state index is -0.324. The van der Waals surface area contributed by atoms with Gasteiger partial charge in [0, 0.05) is 19.5 Å². The molecule has 0 radical (unpaired) electrons.